The lowest BCUT2D eigenvalue weighted by molar-refractivity contribution is 0.0940. The molecule has 0 saturated heterocycles. The third kappa shape index (κ3) is 3.29. The molecule has 1 unspecified atom stereocenters. The molecule has 1 aromatic carbocycles. The average Bonchev–Trinajstić information content (AvgIpc) is 2.76. The Labute approximate surface area is 124 Å². The van der Waals surface area contributed by atoms with Crippen molar-refractivity contribution in [1.82, 2.24) is 10.3 Å². The van der Waals surface area contributed by atoms with E-state index in [4.69, 9.17) is 0 Å². The summed E-state index contributed by atoms with van der Waals surface area (Å²) in [5, 5.41) is 5.88. The van der Waals surface area contributed by atoms with E-state index < -0.39 is 0 Å². The summed E-state index contributed by atoms with van der Waals surface area (Å²) in [7, 11) is 0. The number of hydrogen-bond donors (Lipinski definition) is 1. The van der Waals surface area contributed by atoms with Crippen molar-refractivity contribution >= 4 is 39.8 Å². The van der Waals surface area contributed by atoms with Gasteiger partial charge < -0.3 is 5.32 Å². The summed E-state index contributed by atoms with van der Waals surface area (Å²) in [6.07, 6.45) is 0. The molecule has 0 aliphatic rings. The Kier molecular flexibility index (Phi) is 4.34. The maximum absolute atomic E-state index is 12.0. The van der Waals surface area contributed by atoms with E-state index >= 15 is 0 Å². The molecule has 94 valence electrons. The van der Waals surface area contributed by atoms with Gasteiger partial charge in [0.2, 0.25) is 0 Å². The first kappa shape index (κ1) is 13.5. The number of halogens is 1. The smallest absolute Gasteiger partial charge is 0.251 e. The van der Waals surface area contributed by atoms with Gasteiger partial charge in [-0.1, -0.05) is 0 Å². The third-order valence-corrected chi connectivity index (χ3v) is 4.33. The molecule has 0 radical (unpaired) electrons. The topological polar surface area (TPSA) is 42.0 Å². The summed E-state index contributed by atoms with van der Waals surface area (Å²) in [4.78, 5) is 16.4. The zero-order valence-electron chi connectivity index (χ0n) is 10.1. The van der Waals surface area contributed by atoms with Crippen molar-refractivity contribution < 1.29 is 4.79 Å². The van der Waals surface area contributed by atoms with Crippen molar-refractivity contribution in [2.45, 2.75) is 19.9 Å². The van der Waals surface area contributed by atoms with Gasteiger partial charge in [0.1, 0.15) is 5.01 Å². The molecule has 0 aliphatic carbocycles. The second-order valence-electron chi connectivity index (χ2n) is 4.03. The SMILES string of the molecule is Cc1csc(C(C)NC(=O)c2ccc(I)cc2)n1. The van der Waals surface area contributed by atoms with E-state index in [1.807, 2.05) is 43.5 Å². The minimum Gasteiger partial charge on any atom is -0.343 e. The van der Waals surface area contributed by atoms with Crippen LogP contribution in [0.2, 0.25) is 0 Å². The van der Waals surface area contributed by atoms with Crippen molar-refractivity contribution in [3.63, 3.8) is 0 Å². The van der Waals surface area contributed by atoms with E-state index in [2.05, 4.69) is 32.9 Å². The first-order valence-electron chi connectivity index (χ1n) is 5.54. The molecule has 0 aliphatic heterocycles. The van der Waals surface area contributed by atoms with Crippen LogP contribution in [0.5, 0.6) is 0 Å². The molecule has 2 aromatic rings. The van der Waals surface area contributed by atoms with Crippen LogP contribution in [-0.4, -0.2) is 10.9 Å². The maximum atomic E-state index is 12.0. The van der Waals surface area contributed by atoms with Gasteiger partial charge in [0.15, 0.2) is 0 Å². The lowest BCUT2D eigenvalue weighted by atomic mass is 10.2. The van der Waals surface area contributed by atoms with Gasteiger partial charge in [-0.2, -0.15) is 0 Å². The molecule has 1 N–H and O–H groups in total. The molecule has 2 rings (SSSR count). The number of thiazole rings is 1. The second-order valence-corrected chi connectivity index (χ2v) is 6.16. The van der Waals surface area contributed by atoms with E-state index in [-0.39, 0.29) is 11.9 Å². The highest BCUT2D eigenvalue weighted by Gasteiger charge is 2.13. The fourth-order valence-corrected chi connectivity index (χ4v) is 2.68. The van der Waals surface area contributed by atoms with E-state index in [1.165, 1.54) is 0 Å². The first-order chi connectivity index (χ1) is 8.56. The van der Waals surface area contributed by atoms with Crippen LogP contribution in [0.3, 0.4) is 0 Å². The minimum absolute atomic E-state index is 0.0597. The Balaban J connectivity index is 2.05. The van der Waals surface area contributed by atoms with Crippen molar-refractivity contribution in [2.24, 2.45) is 0 Å². The van der Waals surface area contributed by atoms with E-state index in [9.17, 15) is 4.79 Å². The molecule has 1 heterocycles. The number of benzene rings is 1. The molecule has 0 spiro atoms. The molecule has 0 saturated carbocycles. The number of amides is 1. The van der Waals surface area contributed by atoms with Crippen LogP contribution in [0.25, 0.3) is 0 Å². The van der Waals surface area contributed by atoms with Crippen LogP contribution in [0, 0.1) is 10.5 Å². The molecule has 0 bridgehead atoms. The molecular formula is C13H13IN2OS. The van der Waals surface area contributed by atoms with Crippen LogP contribution in [-0.2, 0) is 0 Å². The summed E-state index contributed by atoms with van der Waals surface area (Å²) in [5.41, 5.74) is 1.67. The Morgan fingerprint density at radius 2 is 2.06 bits per heavy atom. The van der Waals surface area contributed by atoms with E-state index in [1.54, 1.807) is 11.3 Å². The quantitative estimate of drug-likeness (QED) is 0.838. The summed E-state index contributed by atoms with van der Waals surface area (Å²) in [5.74, 6) is -0.0632. The summed E-state index contributed by atoms with van der Waals surface area (Å²) < 4.78 is 1.12. The highest BCUT2D eigenvalue weighted by molar-refractivity contribution is 14.1. The number of aryl methyl sites for hydroxylation is 1. The maximum Gasteiger partial charge on any atom is 0.251 e. The van der Waals surface area contributed by atoms with Crippen molar-refractivity contribution in [2.75, 3.05) is 0 Å². The minimum atomic E-state index is -0.0632. The van der Waals surface area contributed by atoms with Gasteiger partial charge in [-0.05, 0) is 60.7 Å². The van der Waals surface area contributed by atoms with Gasteiger partial charge in [-0.3, -0.25) is 4.79 Å². The lowest BCUT2D eigenvalue weighted by Gasteiger charge is -2.11. The number of nitrogens with one attached hydrogen (secondary N) is 1. The highest BCUT2D eigenvalue weighted by Crippen LogP contribution is 2.18. The second kappa shape index (κ2) is 5.79. The Morgan fingerprint density at radius 1 is 1.39 bits per heavy atom. The number of nitrogens with zero attached hydrogens (tertiary/aromatic N) is 1. The van der Waals surface area contributed by atoms with Crippen LogP contribution < -0.4 is 5.32 Å². The predicted octanol–water partition coefficient (Wildman–Crippen LogP) is 3.55. The third-order valence-electron chi connectivity index (χ3n) is 2.46. The molecule has 18 heavy (non-hydrogen) atoms. The van der Waals surface area contributed by atoms with Gasteiger partial charge >= 0.3 is 0 Å². The molecule has 1 aromatic heterocycles. The van der Waals surface area contributed by atoms with Gasteiger partial charge in [0.05, 0.1) is 6.04 Å². The van der Waals surface area contributed by atoms with Gasteiger partial charge in [0.25, 0.3) is 5.91 Å². The number of rotatable bonds is 3. The van der Waals surface area contributed by atoms with E-state index in [0.717, 1.165) is 14.3 Å². The zero-order chi connectivity index (χ0) is 13.1. The summed E-state index contributed by atoms with van der Waals surface area (Å²) in [6, 6.07) is 7.45. The number of hydrogen-bond acceptors (Lipinski definition) is 3. The molecular weight excluding hydrogens is 359 g/mol. The largest absolute Gasteiger partial charge is 0.343 e. The van der Waals surface area contributed by atoms with Crippen LogP contribution >= 0.6 is 33.9 Å². The highest BCUT2D eigenvalue weighted by atomic mass is 127. The normalized spacial score (nSPS) is 12.2. The molecule has 0 fully saturated rings. The summed E-state index contributed by atoms with van der Waals surface area (Å²) in [6.45, 7) is 3.90. The van der Waals surface area contributed by atoms with Gasteiger partial charge in [0, 0.05) is 20.2 Å². The number of carbonyl (C=O) groups is 1. The predicted molar refractivity (Wildman–Crippen MR) is 81.9 cm³/mol. The van der Waals surface area contributed by atoms with Crippen LogP contribution in [0.4, 0.5) is 0 Å². The van der Waals surface area contributed by atoms with Crippen molar-refractivity contribution in [3.05, 3.63) is 49.5 Å². The van der Waals surface area contributed by atoms with Crippen LogP contribution in [0.15, 0.2) is 29.6 Å². The first-order valence-corrected chi connectivity index (χ1v) is 7.50. The Morgan fingerprint density at radius 3 is 2.61 bits per heavy atom. The van der Waals surface area contributed by atoms with Crippen molar-refractivity contribution in [3.8, 4) is 0 Å². The molecule has 1 atom stereocenters. The fourth-order valence-electron chi connectivity index (χ4n) is 1.51. The van der Waals surface area contributed by atoms with Gasteiger partial charge in [-0.25, -0.2) is 4.98 Å². The average molecular weight is 372 g/mol. The van der Waals surface area contributed by atoms with Crippen LogP contribution in [0.1, 0.15) is 34.0 Å². The van der Waals surface area contributed by atoms with Crippen molar-refractivity contribution in [1.29, 1.82) is 0 Å². The van der Waals surface area contributed by atoms with Gasteiger partial charge in [-0.15, -0.1) is 11.3 Å². The monoisotopic (exact) mass is 372 g/mol. The van der Waals surface area contributed by atoms with E-state index in [0.29, 0.717) is 5.56 Å². The summed E-state index contributed by atoms with van der Waals surface area (Å²) >= 11 is 3.79. The lowest BCUT2D eigenvalue weighted by Crippen LogP contribution is -2.26. The molecule has 5 heteroatoms. The number of aromatic nitrogens is 1. The zero-order valence-corrected chi connectivity index (χ0v) is 13.1. The fraction of sp³-hybridized carbons (Fsp3) is 0.231. The molecule has 3 nitrogen and oxygen atoms in total. The Bertz CT molecular complexity index is 550. The standard InChI is InChI=1S/C13H13IN2OS/c1-8-7-18-13(15-8)9(2)16-12(17)10-3-5-11(14)6-4-10/h3-7,9H,1-2H3,(H,16,17). The molecule has 1 amide bonds. The number of carbonyl (C=O) groups excluding carboxylic acids is 1. The Hall–Kier alpha value is -0.950.